The summed E-state index contributed by atoms with van der Waals surface area (Å²) in [5.74, 6) is -0.633. The molecule has 3 heterocycles. The fourth-order valence-electron chi connectivity index (χ4n) is 3.99. The minimum atomic E-state index is -4.72. The summed E-state index contributed by atoms with van der Waals surface area (Å²) < 4.78 is 68.9. The molecular weight excluding hydrogens is 501 g/mol. The standard InChI is InChI=1S/C23H26F5N7O2/c1-22(2,31-20(37)16(29)7-13-10-30-34(11-13)21(24)25)12-35-17(9-18(32-35)23(26,27)28)14-5-6-33(15-3-4-15)19(36)8-14/h5-6,8-11,15-16,21H,3-4,7,12,29H2,1-2H3,(H,31,37)/t16-/m1/s1. The normalized spacial score (nSPS) is 15.3. The summed E-state index contributed by atoms with van der Waals surface area (Å²) in [4.78, 5) is 25.2. The van der Waals surface area contributed by atoms with E-state index >= 15 is 0 Å². The Morgan fingerprint density at radius 1 is 1.24 bits per heavy atom. The van der Waals surface area contributed by atoms with Gasteiger partial charge in [0, 0.05) is 30.1 Å². The molecule has 14 heteroatoms. The molecule has 3 N–H and O–H groups in total. The van der Waals surface area contributed by atoms with Gasteiger partial charge in [-0.3, -0.25) is 14.3 Å². The number of halogens is 5. The average Bonchev–Trinajstić information content (AvgIpc) is 3.35. The van der Waals surface area contributed by atoms with Crippen molar-refractivity contribution in [3.63, 3.8) is 0 Å². The first-order valence-electron chi connectivity index (χ1n) is 11.5. The number of amides is 1. The fraction of sp³-hybridized carbons (Fsp3) is 0.478. The predicted molar refractivity (Wildman–Crippen MR) is 123 cm³/mol. The number of carbonyl (C=O) groups is 1. The highest BCUT2D eigenvalue weighted by Gasteiger charge is 2.36. The van der Waals surface area contributed by atoms with Gasteiger partial charge in [-0.1, -0.05) is 0 Å². The number of nitrogens with one attached hydrogen (secondary N) is 1. The summed E-state index contributed by atoms with van der Waals surface area (Å²) >= 11 is 0. The Balaban J connectivity index is 1.53. The van der Waals surface area contributed by atoms with Gasteiger partial charge in [0.15, 0.2) is 5.69 Å². The molecule has 1 saturated carbocycles. The van der Waals surface area contributed by atoms with E-state index in [1.165, 1.54) is 12.3 Å². The number of nitrogens with zero attached hydrogens (tertiary/aromatic N) is 5. The first-order valence-corrected chi connectivity index (χ1v) is 11.5. The molecule has 9 nitrogen and oxygen atoms in total. The second-order valence-electron chi connectivity index (χ2n) is 9.75. The Hall–Kier alpha value is -3.55. The van der Waals surface area contributed by atoms with E-state index in [0.717, 1.165) is 29.8 Å². The minimum Gasteiger partial charge on any atom is -0.348 e. The van der Waals surface area contributed by atoms with Crippen LogP contribution < -0.4 is 16.6 Å². The zero-order valence-corrected chi connectivity index (χ0v) is 20.0. The first kappa shape index (κ1) is 26.5. The van der Waals surface area contributed by atoms with Gasteiger partial charge in [-0.25, -0.2) is 4.68 Å². The van der Waals surface area contributed by atoms with Crippen molar-refractivity contribution in [3.8, 4) is 11.3 Å². The molecule has 0 aromatic carbocycles. The number of hydrogen-bond acceptors (Lipinski definition) is 5. The van der Waals surface area contributed by atoms with Crippen molar-refractivity contribution < 1.29 is 26.7 Å². The lowest BCUT2D eigenvalue weighted by Gasteiger charge is -2.28. The molecule has 0 bridgehead atoms. The number of pyridine rings is 1. The molecule has 0 unspecified atom stereocenters. The van der Waals surface area contributed by atoms with Crippen LogP contribution in [0.5, 0.6) is 0 Å². The zero-order valence-electron chi connectivity index (χ0n) is 20.0. The second-order valence-corrected chi connectivity index (χ2v) is 9.75. The number of carbonyl (C=O) groups excluding carboxylic acids is 1. The van der Waals surface area contributed by atoms with Gasteiger partial charge in [0.25, 0.3) is 5.56 Å². The lowest BCUT2D eigenvalue weighted by Crippen LogP contribution is -2.53. The largest absolute Gasteiger partial charge is 0.435 e. The van der Waals surface area contributed by atoms with Crippen molar-refractivity contribution in [1.29, 1.82) is 0 Å². The van der Waals surface area contributed by atoms with Crippen LogP contribution in [0.4, 0.5) is 22.0 Å². The third-order valence-electron chi connectivity index (χ3n) is 5.91. The summed E-state index contributed by atoms with van der Waals surface area (Å²) in [6, 6.07) is 2.69. The SMILES string of the molecule is CC(C)(Cn1nc(C(F)(F)F)cc1-c1ccn(C2CC2)c(=O)c1)NC(=O)[C@H](N)Cc1cnn(C(F)F)c1. The Kier molecular flexibility index (Phi) is 6.97. The van der Waals surface area contributed by atoms with E-state index in [9.17, 15) is 31.5 Å². The highest BCUT2D eigenvalue weighted by molar-refractivity contribution is 5.82. The molecule has 0 aliphatic heterocycles. The van der Waals surface area contributed by atoms with Gasteiger partial charge in [0.05, 0.1) is 30.0 Å². The lowest BCUT2D eigenvalue weighted by molar-refractivity contribution is -0.141. The maximum absolute atomic E-state index is 13.5. The van der Waals surface area contributed by atoms with Gasteiger partial charge in [0.1, 0.15) is 0 Å². The molecule has 37 heavy (non-hydrogen) atoms. The number of alkyl halides is 5. The molecule has 200 valence electrons. The van der Waals surface area contributed by atoms with Crippen molar-refractivity contribution in [2.24, 2.45) is 5.73 Å². The van der Waals surface area contributed by atoms with Crippen LogP contribution >= 0.6 is 0 Å². The molecule has 0 spiro atoms. The van der Waals surface area contributed by atoms with E-state index in [2.05, 4.69) is 15.5 Å². The third-order valence-corrected chi connectivity index (χ3v) is 5.91. The lowest BCUT2D eigenvalue weighted by atomic mass is 10.0. The molecular formula is C23H26F5N7O2. The van der Waals surface area contributed by atoms with Crippen LogP contribution in [0.1, 0.15) is 50.5 Å². The predicted octanol–water partition coefficient (Wildman–Crippen LogP) is 3.12. The van der Waals surface area contributed by atoms with Gasteiger partial charge in [-0.2, -0.15) is 32.1 Å². The smallest absolute Gasteiger partial charge is 0.348 e. The summed E-state index contributed by atoms with van der Waals surface area (Å²) in [5, 5.41) is 9.87. The Morgan fingerprint density at radius 2 is 1.95 bits per heavy atom. The molecule has 4 rings (SSSR count). The molecule has 1 fully saturated rings. The van der Waals surface area contributed by atoms with Gasteiger partial charge in [-0.15, -0.1) is 0 Å². The maximum Gasteiger partial charge on any atom is 0.435 e. The van der Waals surface area contributed by atoms with Crippen LogP contribution in [0.2, 0.25) is 0 Å². The third kappa shape index (κ3) is 6.24. The minimum absolute atomic E-state index is 0.0680. The number of nitrogens with two attached hydrogens (primary N) is 1. The second kappa shape index (κ2) is 9.72. The van der Waals surface area contributed by atoms with Gasteiger partial charge < -0.3 is 15.6 Å². The fourth-order valence-corrected chi connectivity index (χ4v) is 3.99. The average molecular weight is 527 g/mol. The summed E-state index contributed by atoms with van der Waals surface area (Å²) in [6.07, 6.45) is 0.769. The van der Waals surface area contributed by atoms with Crippen molar-refractivity contribution in [3.05, 3.63) is 58.4 Å². The highest BCUT2D eigenvalue weighted by Crippen LogP contribution is 2.35. The molecule has 1 aliphatic carbocycles. The van der Waals surface area contributed by atoms with Crippen LogP contribution in [0.15, 0.2) is 41.6 Å². The number of rotatable bonds is 9. The van der Waals surface area contributed by atoms with E-state index in [-0.39, 0.29) is 35.8 Å². The molecule has 1 amide bonds. The van der Waals surface area contributed by atoms with Crippen LogP contribution in [0.25, 0.3) is 11.3 Å². The number of hydrogen-bond donors (Lipinski definition) is 2. The number of aromatic nitrogens is 5. The highest BCUT2D eigenvalue weighted by atomic mass is 19.4. The summed E-state index contributed by atoms with van der Waals surface area (Å²) in [5.41, 5.74) is 4.01. The zero-order chi connectivity index (χ0) is 27.1. The summed E-state index contributed by atoms with van der Waals surface area (Å²) in [7, 11) is 0. The van der Waals surface area contributed by atoms with Crippen LogP contribution in [-0.2, 0) is 23.9 Å². The first-order chi connectivity index (χ1) is 17.2. The van der Waals surface area contributed by atoms with E-state index in [4.69, 9.17) is 5.73 Å². The van der Waals surface area contributed by atoms with Crippen molar-refractivity contribution >= 4 is 5.91 Å². The van der Waals surface area contributed by atoms with Crippen molar-refractivity contribution in [1.82, 2.24) is 29.4 Å². The van der Waals surface area contributed by atoms with Crippen molar-refractivity contribution in [2.45, 2.75) is 70.0 Å². The van der Waals surface area contributed by atoms with E-state index in [1.807, 2.05) is 0 Å². The molecule has 0 saturated heterocycles. The van der Waals surface area contributed by atoms with E-state index in [1.54, 1.807) is 30.7 Å². The molecule has 1 aliphatic rings. The molecule has 3 aromatic heterocycles. The summed E-state index contributed by atoms with van der Waals surface area (Å²) in [6.45, 7) is 0.155. The van der Waals surface area contributed by atoms with Gasteiger partial charge in [0.2, 0.25) is 5.91 Å². The molecule has 1 atom stereocenters. The Morgan fingerprint density at radius 3 is 2.51 bits per heavy atom. The Labute approximate surface area is 208 Å². The quantitative estimate of drug-likeness (QED) is 0.416. The van der Waals surface area contributed by atoms with E-state index < -0.39 is 35.9 Å². The monoisotopic (exact) mass is 527 g/mol. The van der Waals surface area contributed by atoms with Crippen LogP contribution in [-0.4, -0.2) is 41.6 Å². The van der Waals surface area contributed by atoms with Crippen LogP contribution in [0.3, 0.4) is 0 Å². The van der Waals surface area contributed by atoms with Crippen LogP contribution in [0, 0.1) is 0 Å². The molecule has 3 aromatic rings. The van der Waals surface area contributed by atoms with Gasteiger partial charge >= 0.3 is 12.7 Å². The maximum atomic E-state index is 13.5. The van der Waals surface area contributed by atoms with E-state index in [0.29, 0.717) is 10.2 Å². The van der Waals surface area contributed by atoms with Gasteiger partial charge in [-0.05, 0) is 50.8 Å². The topological polar surface area (TPSA) is 113 Å². The van der Waals surface area contributed by atoms with Crippen molar-refractivity contribution in [2.75, 3.05) is 0 Å². The molecule has 0 radical (unpaired) electrons. The Bertz CT molecular complexity index is 1340.